The molecule has 0 amide bonds. The summed E-state index contributed by atoms with van der Waals surface area (Å²) < 4.78 is 17.6. The third kappa shape index (κ3) is 2.64. The summed E-state index contributed by atoms with van der Waals surface area (Å²) >= 11 is 0. The molecule has 1 aromatic heterocycles. The first-order valence-electron chi connectivity index (χ1n) is 7.25. The predicted molar refractivity (Wildman–Crippen MR) is 78.3 cm³/mol. The van der Waals surface area contributed by atoms with Crippen molar-refractivity contribution < 1.29 is 14.0 Å². The molecule has 0 radical (unpaired) electrons. The van der Waals surface area contributed by atoms with Crippen LogP contribution >= 0.6 is 0 Å². The third-order valence-corrected chi connectivity index (χ3v) is 4.32. The average Bonchev–Trinajstić information content (AvgIpc) is 3.17. The third-order valence-electron chi connectivity index (χ3n) is 4.32. The summed E-state index contributed by atoms with van der Waals surface area (Å²) in [4.78, 5) is 4.35. The first kappa shape index (κ1) is 14.4. The fraction of sp³-hybridized carbons (Fsp3) is 0.600. The lowest BCUT2D eigenvalue weighted by Crippen LogP contribution is -2.41. The molecule has 2 heterocycles. The summed E-state index contributed by atoms with van der Waals surface area (Å²) in [5.41, 5.74) is 0.0517. The van der Waals surface area contributed by atoms with Gasteiger partial charge in [-0.15, -0.1) is 0 Å². The second-order valence-electron chi connectivity index (χ2n) is 6.62. The number of nitrogens with zero attached hydrogens (tertiary/aromatic N) is 2. The van der Waals surface area contributed by atoms with E-state index in [1.807, 2.05) is 27.7 Å². The molecular formula is C15H19BN2O3. The Morgan fingerprint density at radius 3 is 2.43 bits per heavy atom. The Labute approximate surface area is 125 Å². The summed E-state index contributed by atoms with van der Waals surface area (Å²) in [6, 6.07) is 3.87. The lowest BCUT2D eigenvalue weighted by atomic mass is 9.81. The van der Waals surface area contributed by atoms with Gasteiger partial charge in [0.2, 0.25) is 0 Å². The van der Waals surface area contributed by atoms with Gasteiger partial charge in [0.25, 0.3) is 0 Å². The molecular weight excluding hydrogens is 267 g/mol. The second-order valence-corrected chi connectivity index (χ2v) is 6.62. The first-order chi connectivity index (χ1) is 9.82. The molecule has 1 saturated heterocycles. The van der Waals surface area contributed by atoms with Crippen molar-refractivity contribution in [3.8, 4) is 11.8 Å². The van der Waals surface area contributed by atoms with Gasteiger partial charge in [0, 0.05) is 6.07 Å². The van der Waals surface area contributed by atoms with Gasteiger partial charge in [-0.05, 0) is 40.5 Å². The quantitative estimate of drug-likeness (QED) is 0.793. The van der Waals surface area contributed by atoms with Gasteiger partial charge < -0.3 is 14.0 Å². The zero-order valence-electron chi connectivity index (χ0n) is 12.8. The van der Waals surface area contributed by atoms with E-state index in [1.54, 1.807) is 12.3 Å². The minimum absolute atomic E-state index is 0.279. The highest BCUT2D eigenvalue weighted by atomic mass is 16.7. The van der Waals surface area contributed by atoms with E-state index in [9.17, 15) is 5.26 Å². The fourth-order valence-corrected chi connectivity index (χ4v) is 2.13. The van der Waals surface area contributed by atoms with E-state index in [1.165, 1.54) is 0 Å². The van der Waals surface area contributed by atoms with Crippen molar-refractivity contribution in [2.75, 3.05) is 0 Å². The van der Waals surface area contributed by atoms with E-state index in [0.29, 0.717) is 16.9 Å². The molecule has 5 nitrogen and oxygen atoms in total. The minimum atomic E-state index is -0.625. The lowest BCUT2D eigenvalue weighted by molar-refractivity contribution is 0.00578. The van der Waals surface area contributed by atoms with Gasteiger partial charge in [-0.1, -0.05) is 0 Å². The van der Waals surface area contributed by atoms with Gasteiger partial charge in [0.15, 0.2) is 0 Å². The van der Waals surface area contributed by atoms with Gasteiger partial charge in [-0.25, -0.2) is 0 Å². The Bertz CT molecular complexity index is 589. The van der Waals surface area contributed by atoms with Crippen LogP contribution in [0.15, 0.2) is 12.3 Å². The highest BCUT2D eigenvalue weighted by Crippen LogP contribution is 2.36. The predicted octanol–water partition coefficient (Wildman–Crippen LogP) is 1.79. The molecule has 1 saturated carbocycles. The Hall–Kier alpha value is -1.58. The Morgan fingerprint density at radius 2 is 1.90 bits per heavy atom. The van der Waals surface area contributed by atoms with E-state index >= 15 is 0 Å². The molecule has 1 aliphatic heterocycles. The van der Waals surface area contributed by atoms with Crippen molar-refractivity contribution in [2.24, 2.45) is 0 Å². The molecule has 2 aliphatic rings. The van der Waals surface area contributed by atoms with Crippen LogP contribution in [0.4, 0.5) is 0 Å². The molecule has 0 unspecified atom stereocenters. The van der Waals surface area contributed by atoms with Crippen molar-refractivity contribution in [3.63, 3.8) is 0 Å². The molecule has 21 heavy (non-hydrogen) atoms. The highest BCUT2D eigenvalue weighted by Gasteiger charge is 2.53. The van der Waals surface area contributed by atoms with Crippen LogP contribution in [0, 0.1) is 11.3 Å². The molecule has 0 N–H and O–H groups in total. The van der Waals surface area contributed by atoms with Crippen molar-refractivity contribution in [2.45, 2.75) is 57.8 Å². The van der Waals surface area contributed by atoms with E-state index in [2.05, 4.69) is 11.1 Å². The summed E-state index contributed by atoms with van der Waals surface area (Å²) in [6.45, 7) is 7.90. The van der Waals surface area contributed by atoms with Crippen LogP contribution in [-0.4, -0.2) is 29.4 Å². The van der Waals surface area contributed by atoms with Crippen LogP contribution in [0.3, 0.4) is 0 Å². The maximum Gasteiger partial charge on any atom is 0.515 e. The van der Waals surface area contributed by atoms with E-state index in [-0.39, 0.29) is 6.10 Å². The highest BCUT2D eigenvalue weighted by molar-refractivity contribution is 6.61. The molecule has 0 aromatic carbocycles. The lowest BCUT2D eigenvalue weighted by Gasteiger charge is -2.32. The van der Waals surface area contributed by atoms with E-state index in [4.69, 9.17) is 14.0 Å². The molecule has 110 valence electrons. The van der Waals surface area contributed by atoms with Gasteiger partial charge in [0.1, 0.15) is 11.8 Å². The number of hydrogen-bond acceptors (Lipinski definition) is 5. The summed E-state index contributed by atoms with van der Waals surface area (Å²) in [5.74, 6) is 0.634. The number of aromatic nitrogens is 1. The molecule has 6 heteroatoms. The number of hydrogen-bond donors (Lipinski definition) is 0. The molecule has 2 fully saturated rings. The molecule has 0 atom stereocenters. The Kier molecular flexibility index (Phi) is 3.23. The van der Waals surface area contributed by atoms with Crippen LogP contribution in [0.1, 0.15) is 46.1 Å². The maximum atomic E-state index is 9.36. The van der Waals surface area contributed by atoms with E-state index < -0.39 is 18.3 Å². The topological polar surface area (TPSA) is 64.4 Å². The van der Waals surface area contributed by atoms with Crippen molar-refractivity contribution >= 4 is 12.7 Å². The Morgan fingerprint density at radius 1 is 1.29 bits per heavy atom. The van der Waals surface area contributed by atoms with Crippen molar-refractivity contribution in [3.05, 3.63) is 17.8 Å². The SMILES string of the molecule is CC1(C)OB(c2ncc(OC3CC3)cc2C#N)OC1(C)C. The first-order valence-corrected chi connectivity index (χ1v) is 7.25. The molecule has 1 aromatic rings. The molecule has 1 aliphatic carbocycles. The monoisotopic (exact) mass is 286 g/mol. The second kappa shape index (κ2) is 4.72. The van der Waals surface area contributed by atoms with E-state index in [0.717, 1.165) is 12.8 Å². The zero-order chi connectivity index (χ0) is 15.3. The van der Waals surface area contributed by atoms with Gasteiger partial charge >= 0.3 is 7.12 Å². The van der Waals surface area contributed by atoms with Crippen LogP contribution in [0.2, 0.25) is 0 Å². The number of ether oxygens (including phenoxy) is 1. The molecule has 0 bridgehead atoms. The number of nitriles is 1. The summed E-state index contributed by atoms with van der Waals surface area (Å²) in [6.07, 6.45) is 4.06. The number of pyridine rings is 1. The standard InChI is InChI=1S/C15H19BN2O3/c1-14(2)15(3,4)21-16(20-14)13-10(8-17)7-12(9-18-13)19-11-5-6-11/h7,9,11H,5-6H2,1-4H3. The van der Waals surface area contributed by atoms with Crippen LogP contribution in [-0.2, 0) is 9.31 Å². The fourth-order valence-electron chi connectivity index (χ4n) is 2.13. The Balaban J connectivity index is 1.87. The van der Waals surface area contributed by atoms with Crippen molar-refractivity contribution in [1.82, 2.24) is 4.98 Å². The van der Waals surface area contributed by atoms with Gasteiger partial charge in [-0.3, -0.25) is 4.98 Å². The maximum absolute atomic E-state index is 9.36. The van der Waals surface area contributed by atoms with Crippen molar-refractivity contribution in [1.29, 1.82) is 5.26 Å². The minimum Gasteiger partial charge on any atom is -0.489 e. The molecule has 0 spiro atoms. The number of rotatable bonds is 3. The van der Waals surface area contributed by atoms with Crippen LogP contribution < -0.4 is 10.3 Å². The van der Waals surface area contributed by atoms with Crippen LogP contribution in [0.5, 0.6) is 5.75 Å². The largest absolute Gasteiger partial charge is 0.515 e. The summed E-state index contributed by atoms with van der Waals surface area (Å²) in [5, 5.41) is 9.36. The summed E-state index contributed by atoms with van der Waals surface area (Å²) in [7, 11) is -0.625. The van der Waals surface area contributed by atoms with Gasteiger partial charge in [-0.2, -0.15) is 5.26 Å². The van der Waals surface area contributed by atoms with Gasteiger partial charge in [0.05, 0.1) is 34.7 Å². The smallest absolute Gasteiger partial charge is 0.489 e. The zero-order valence-corrected chi connectivity index (χ0v) is 12.8. The molecule has 3 rings (SSSR count). The normalized spacial score (nSPS) is 22.9. The van der Waals surface area contributed by atoms with Crippen LogP contribution in [0.25, 0.3) is 0 Å². The average molecular weight is 286 g/mol.